The van der Waals surface area contributed by atoms with E-state index in [1.165, 1.54) is 25.3 Å². The molecule has 0 saturated heterocycles. The van der Waals surface area contributed by atoms with Crippen molar-refractivity contribution in [1.82, 2.24) is 9.97 Å². The first-order valence-electron chi connectivity index (χ1n) is 7.98. The molecule has 8 heteroatoms. The van der Waals surface area contributed by atoms with E-state index in [-0.39, 0.29) is 11.5 Å². The van der Waals surface area contributed by atoms with Crippen LogP contribution in [0.2, 0.25) is 5.02 Å². The molecule has 2 aromatic carbocycles. The van der Waals surface area contributed by atoms with Crippen molar-refractivity contribution < 1.29 is 13.9 Å². The van der Waals surface area contributed by atoms with Gasteiger partial charge in [-0.3, -0.25) is 4.79 Å². The van der Waals surface area contributed by atoms with Gasteiger partial charge in [-0.25, -0.2) is 14.4 Å². The molecule has 2 N–H and O–H groups in total. The van der Waals surface area contributed by atoms with Gasteiger partial charge in [0.1, 0.15) is 28.9 Å². The van der Waals surface area contributed by atoms with Crippen LogP contribution in [0.25, 0.3) is 0 Å². The fourth-order valence-corrected chi connectivity index (χ4v) is 2.57. The second-order valence-electron chi connectivity index (χ2n) is 5.62. The summed E-state index contributed by atoms with van der Waals surface area (Å²) in [5.41, 5.74) is 1.23. The lowest BCUT2D eigenvalue weighted by atomic mass is 10.2. The second kappa shape index (κ2) is 8.01. The Morgan fingerprint density at radius 2 is 1.85 bits per heavy atom. The minimum atomic E-state index is -0.441. The number of anilines is 3. The van der Waals surface area contributed by atoms with E-state index >= 15 is 0 Å². The van der Waals surface area contributed by atoms with Gasteiger partial charge in [0.15, 0.2) is 0 Å². The molecule has 6 nitrogen and oxygen atoms in total. The molecule has 1 aromatic heterocycles. The first-order chi connectivity index (χ1) is 12.9. The zero-order valence-corrected chi connectivity index (χ0v) is 15.3. The molecule has 0 aliphatic rings. The Bertz CT molecular complexity index is 980. The van der Waals surface area contributed by atoms with Crippen molar-refractivity contribution in [2.45, 2.75) is 6.92 Å². The third kappa shape index (κ3) is 4.71. The molecule has 27 heavy (non-hydrogen) atoms. The summed E-state index contributed by atoms with van der Waals surface area (Å²) in [5.74, 6) is 0.518. The minimum Gasteiger partial charge on any atom is -0.495 e. The van der Waals surface area contributed by atoms with Crippen molar-refractivity contribution in [2.24, 2.45) is 0 Å². The lowest BCUT2D eigenvalue weighted by molar-refractivity contribution is 0.102. The number of methoxy groups -OCH3 is 1. The second-order valence-corrected chi connectivity index (χ2v) is 6.05. The Balaban J connectivity index is 1.84. The van der Waals surface area contributed by atoms with Gasteiger partial charge in [0.05, 0.1) is 12.8 Å². The van der Waals surface area contributed by atoms with E-state index in [1.807, 2.05) is 0 Å². The first kappa shape index (κ1) is 18.6. The number of hydrogen-bond acceptors (Lipinski definition) is 5. The largest absolute Gasteiger partial charge is 0.495 e. The number of nitrogens with zero attached hydrogens (tertiary/aromatic N) is 2. The summed E-state index contributed by atoms with van der Waals surface area (Å²) in [6.07, 6.45) is 0. The molecule has 0 fully saturated rings. The molecule has 3 aromatic rings. The van der Waals surface area contributed by atoms with Crippen molar-refractivity contribution in [1.29, 1.82) is 0 Å². The maximum absolute atomic E-state index is 13.0. The zero-order valence-electron chi connectivity index (χ0n) is 14.6. The number of carbonyl (C=O) groups is 1. The lowest BCUT2D eigenvalue weighted by Crippen LogP contribution is -2.16. The maximum atomic E-state index is 13.0. The van der Waals surface area contributed by atoms with Gasteiger partial charge in [0.25, 0.3) is 5.91 Å². The molecule has 0 radical (unpaired) electrons. The van der Waals surface area contributed by atoms with Gasteiger partial charge in [-0.1, -0.05) is 11.6 Å². The van der Waals surface area contributed by atoms with E-state index in [0.29, 0.717) is 33.8 Å². The highest BCUT2D eigenvalue weighted by atomic mass is 35.5. The summed E-state index contributed by atoms with van der Waals surface area (Å²) in [6.45, 7) is 1.67. The van der Waals surface area contributed by atoms with E-state index < -0.39 is 5.91 Å². The van der Waals surface area contributed by atoms with E-state index in [9.17, 15) is 9.18 Å². The Labute approximate surface area is 160 Å². The number of amides is 1. The monoisotopic (exact) mass is 386 g/mol. The molecule has 1 heterocycles. The van der Waals surface area contributed by atoms with Crippen molar-refractivity contribution in [2.75, 3.05) is 17.7 Å². The number of rotatable bonds is 5. The topological polar surface area (TPSA) is 76.1 Å². The molecule has 0 bridgehead atoms. The van der Waals surface area contributed by atoms with Crippen molar-refractivity contribution >= 4 is 34.7 Å². The predicted molar refractivity (Wildman–Crippen MR) is 102 cm³/mol. The highest BCUT2D eigenvalue weighted by Crippen LogP contribution is 2.28. The number of carbonyl (C=O) groups excluding carboxylic acids is 1. The van der Waals surface area contributed by atoms with Gasteiger partial charge in [0, 0.05) is 16.8 Å². The summed E-state index contributed by atoms with van der Waals surface area (Å²) in [5, 5.41) is 6.21. The molecule has 138 valence electrons. The Morgan fingerprint density at radius 3 is 2.56 bits per heavy atom. The smallest absolute Gasteiger partial charge is 0.274 e. The molecule has 0 atom stereocenters. The van der Waals surface area contributed by atoms with Crippen LogP contribution in [-0.2, 0) is 0 Å². The molecule has 0 aliphatic heterocycles. The van der Waals surface area contributed by atoms with Crippen LogP contribution in [-0.4, -0.2) is 23.0 Å². The summed E-state index contributed by atoms with van der Waals surface area (Å²) in [4.78, 5) is 21.0. The normalized spacial score (nSPS) is 10.4. The van der Waals surface area contributed by atoms with Crippen LogP contribution in [0.3, 0.4) is 0 Å². The molecule has 0 unspecified atom stereocenters. The summed E-state index contributed by atoms with van der Waals surface area (Å²) in [7, 11) is 1.50. The number of benzene rings is 2. The zero-order chi connectivity index (χ0) is 19.4. The van der Waals surface area contributed by atoms with E-state index in [4.69, 9.17) is 16.3 Å². The highest BCUT2D eigenvalue weighted by molar-refractivity contribution is 6.31. The van der Waals surface area contributed by atoms with Crippen LogP contribution in [0.5, 0.6) is 5.75 Å². The fourth-order valence-electron chi connectivity index (χ4n) is 2.39. The third-order valence-corrected chi connectivity index (χ3v) is 3.83. The van der Waals surface area contributed by atoms with Gasteiger partial charge in [-0.15, -0.1) is 0 Å². The average molecular weight is 387 g/mol. The van der Waals surface area contributed by atoms with Crippen LogP contribution >= 0.6 is 11.6 Å². The van der Waals surface area contributed by atoms with Crippen LogP contribution in [0.1, 0.15) is 16.3 Å². The van der Waals surface area contributed by atoms with E-state index in [1.54, 1.807) is 37.3 Å². The van der Waals surface area contributed by atoms with Crippen molar-refractivity contribution in [3.63, 3.8) is 0 Å². The Hall–Kier alpha value is -3.19. The van der Waals surface area contributed by atoms with Gasteiger partial charge in [-0.05, 0) is 49.4 Å². The van der Waals surface area contributed by atoms with Crippen molar-refractivity contribution in [3.8, 4) is 5.75 Å². The molecular formula is C19H16ClFN4O2. The van der Waals surface area contributed by atoms with Crippen LogP contribution in [0.4, 0.5) is 21.6 Å². The minimum absolute atomic E-state index is 0.161. The van der Waals surface area contributed by atoms with Crippen LogP contribution in [0, 0.1) is 12.7 Å². The van der Waals surface area contributed by atoms with Gasteiger partial charge in [-0.2, -0.15) is 0 Å². The van der Waals surface area contributed by atoms with Crippen LogP contribution in [0.15, 0.2) is 48.5 Å². The average Bonchev–Trinajstić information content (AvgIpc) is 2.63. The van der Waals surface area contributed by atoms with E-state index in [2.05, 4.69) is 20.6 Å². The van der Waals surface area contributed by atoms with Gasteiger partial charge in [0.2, 0.25) is 0 Å². The summed E-state index contributed by atoms with van der Waals surface area (Å²) >= 11 is 5.99. The van der Waals surface area contributed by atoms with Gasteiger partial charge >= 0.3 is 0 Å². The molecular weight excluding hydrogens is 371 g/mol. The summed E-state index contributed by atoms with van der Waals surface area (Å²) < 4.78 is 18.3. The maximum Gasteiger partial charge on any atom is 0.274 e. The van der Waals surface area contributed by atoms with Crippen LogP contribution < -0.4 is 15.4 Å². The number of nitrogens with one attached hydrogen (secondary N) is 2. The Kier molecular flexibility index (Phi) is 5.52. The number of aromatic nitrogens is 2. The number of hydrogen-bond donors (Lipinski definition) is 2. The standard InChI is InChI=1S/C19H16ClFN4O2/c1-11-22-16(10-18(23-11)24-14-6-4-13(21)5-7-14)19(26)25-15-9-12(20)3-8-17(15)27-2/h3-10H,1-2H3,(H,25,26)(H,22,23,24). The first-order valence-corrected chi connectivity index (χ1v) is 8.35. The van der Waals surface area contributed by atoms with E-state index in [0.717, 1.165) is 0 Å². The molecule has 3 rings (SSSR count). The fraction of sp³-hybridized carbons (Fsp3) is 0.105. The molecule has 1 amide bonds. The number of aryl methyl sites for hydroxylation is 1. The predicted octanol–water partition coefficient (Wildman–Crippen LogP) is 4.58. The quantitative estimate of drug-likeness (QED) is 0.671. The van der Waals surface area contributed by atoms with Crippen molar-refractivity contribution in [3.05, 3.63) is 70.9 Å². The lowest BCUT2D eigenvalue weighted by Gasteiger charge is -2.12. The summed E-state index contributed by atoms with van der Waals surface area (Å²) in [6, 6.07) is 12.2. The van der Waals surface area contributed by atoms with Gasteiger partial charge < -0.3 is 15.4 Å². The number of ether oxygens (including phenoxy) is 1. The SMILES string of the molecule is COc1ccc(Cl)cc1NC(=O)c1cc(Nc2ccc(F)cc2)nc(C)n1. The molecule has 0 saturated carbocycles. The third-order valence-electron chi connectivity index (χ3n) is 3.60. The molecule has 0 spiro atoms. The number of halogens is 2. The highest BCUT2D eigenvalue weighted by Gasteiger charge is 2.14. The molecule has 0 aliphatic carbocycles. The Morgan fingerprint density at radius 1 is 1.11 bits per heavy atom.